The molecule has 2 nitrogen and oxygen atoms in total. The summed E-state index contributed by atoms with van der Waals surface area (Å²) in [5, 5.41) is 3.15. The summed E-state index contributed by atoms with van der Waals surface area (Å²) in [5.41, 5.74) is 1.52. The van der Waals surface area contributed by atoms with E-state index in [2.05, 4.69) is 41.9 Å². The molecule has 0 unspecified atom stereocenters. The van der Waals surface area contributed by atoms with E-state index in [1.807, 2.05) is 18.2 Å². The fraction of sp³-hybridized carbons (Fsp3) is 0.143. The van der Waals surface area contributed by atoms with E-state index in [-0.39, 0.29) is 5.75 Å². The average Bonchev–Trinajstić information content (AvgIpc) is 2.38. The van der Waals surface area contributed by atoms with Crippen LogP contribution < -0.4 is 10.1 Å². The smallest absolute Gasteiger partial charge is 0.406 e. The number of hydrogen-bond donors (Lipinski definition) is 1. The van der Waals surface area contributed by atoms with Gasteiger partial charge in [-0.3, -0.25) is 0 Å². The molecule has 21 heavy (non-hydrogen) atoms. The van der Waals surface area contributed by atoms with Crippen molar-refractivity contribution in [1.82, 2.24) is 0 Å². The highest BCUT2D eigenvalue weighted by Crippen LogP contribution is 2.27. The maximum absolute atomic E-state index is 12.2. The van der Waals surface area contributed by atoms with Gasteiger partial charge in [-0.25, -0.2) is 0 Å². The molecule has 0 radical (unpaired) electrons. The predicted molar refractivity (Wildman–Crippen MR) is 82.3 cm³/mol. The highest BCUT2D eigenvalue weighted by molar-refractivity contribution is 9.11. The number of ether oxygens (including phenoxy) is 1. The molecular formula is C14H10Br2F3NO. The molecule has 112 valence electrons. The quantitative estimate of drug-likeness (QED) is 0.677. The van der Waals surface area contributed by atoms with Crippen molar-refractivity contribution in [3.05, 3.63) is 57.0 Å². The lowest BCUT2D eigenvalue weighted by Gasteiger charge is -2.12. The Kier molecular flexibility index (Phi) is 5.16. The maximum atomic E-state index is 12.2. The van der Waals surface area contributed by atoms with E-state index in [9.17, 15) is 13.2 Å². The van der Waals surface area contributed by atoms with Crippen molar-refractivity contribution in [2.75, 3.05) is 5.32 Å². The Labute approximate surface area is 136 Å². The number of nitrogens with one attached hydrogen (secondary N) is 1. The molecule has 0 saturated carbocycles. The number of halogens is 5. The molecule has 2 rings (SSSR count). The number of hydrogen-bond acceptors (Lipinski definition) is 2. The van der Waals surface area contributed by atoms with E-state index in [1.54, 1.807) is 6.07 Å². The zero-order valence-electron chi connectivity index (χ0n) is 10.5. The number of benzene rings is 2. The van der Waals surface area contributed by atoms with Gasteiger partial charge in [0, 0.05) is 21.2 Å². The number of anilines is 1. The standard InChI is InChI=1S/C14H10Br2F3NO/c15-10-4-5-12(16)13(7-10)20-8-9-2-1-3-11(6-9)21-14(17,18)19/h1-7,20H,8H2. The van der Waals surface area contributed by atoms with E-state index < -0.39 is 6.36 Å². The fourth-order valence-corrected chi connectivity index (χ4v) is 2.43. The van der Waals surface area contributed by atoms with Crippen LogP contribution in [-0.2, 0) is 6.54 Å². The van der Waals surface area contributed by atoms with E-state index in [0.29, 0.717) is 12.1 Å². The minimum absolute atomic E-state index is 0.227. The first-order valence-electron chi connectivity index (χ1n) is 5.87. The van der Waals surface area contributed by atoms with E-state index in [0.717, 1.165) is 14.6 Å². The van der Waals surface area contributed by atoms with Gasteiger partial charge in [-0.15, -0.1) is 13.2 Å². The summed E-state index contributed by atoms with van der Waals surface area (Å²) >= 11 is 6.76. The minimum atomic E-state index is -4.68. The molecule has 0 heterocycles. The van der Waals surface area contributed by atoms with Crippen LogP contribution in [0.15, 0.2) is 51.4 Å². The summed E-state index contributed by atoms with van der Waals surface area (Å²) in [4.78, 5) is 0. The summed E-state index contributed by atoms with van der Waals surface area (Å²) in [6.45, 7) is 0.379. The van der Waals surface area contributed by atoms with Crippen LogP contribution in [0.5, 0.6) is 5.75 Å². The molecule has 0 spiro atoms. The molecule has 1 N–H and O–H groups in total. The molecule has 0 atom stereocenters. The van der Waals surface area contributed by atoms with Crippen molar-refractivity contribution in [1.29, 1.82) is 0 Å². The van der Waals surface area contributed by atoms with E-state index >= 15 is 0 Å². The van der Waals surface area contributed by atoms with Gasteiger partial charge in [0.05, 0.1) is 0 Å². The molecule has 2 aromatic carbocycles. The average molecular weight is 425 g/mol. The Bertz CT molecular complexity index is 632. The van der Waals surface area contributed by atoms with Gasteiger partial charge >= 0.3 is 6.36 Å². The van der Waals surface area contributed by atoms with Crippen LogP contribution in [0, 0.1) is 0 Å². The van der Waals surface area contributed by atoms with Crippen LogP contribution in [-0.4, -0.2) is 6.36 Å². The van der Waals surface area contributed by atoms with Crippen LogP contribution in [0.3, 0.4) is 0 Å². The third-order valence-electron chi connectivity index (χ3n) is 2.54. The summed E-state index contributed by atoms with van der Waals surface area (Å²) in [7, 11) is 0. The summed E-state index contributed by atoms with van der Waals surface area (Å²) in [6, 6.07) is 11.5. The van der Waals surface area contributed by atoms with Crippen LogP contribution in [0.2, 0.25) is 0 Å². The van der Waals surface area contributed by atoms with Crippen LogP contribution in [0.1, 0.15) is 5.56 Å². The Morgan fingerprint density at radius 1 is 1.05 bits per heavy atom. The van der Waals surface area contributed by atoms with Gasteiger partial charge in [0.25, 0.3) is 0 Å². The Morgan fingerprint density at radius 2 is 1.81 bits per heavy atom. The second-order valence-corrected chi connectivity index (χ2v) is 5.94. The zero-order chi connectivity index (χ0) is 15.5. The van der Waals surface area contributed by atoms with Crippen molar-refractivity contribution in [3.8, 4) is 5.75 Å². The summed E-state index contributed by atoms with van der Waals surface area (Å²) in [5.74, 6) is -0.227. The Hall–Kier alpha value is -1.21. The SMILES string of the molecule is FC(F)(F)Oc1cccc(CNc2cc(Br)ccc2Br)c1. The van der Waals surface area contributed by atoms with Gasteiger partial charge in [-0.2, -0.15) is 0 Å². The first kappa shape index (κ1) is 16.2. The first-order chi connectivity index (χ1) is 9.83. The monoisotopic (exact) mass is 423 g/mol. The molecular weight excluding hydrogens is 415 g/mol. The number of rotatable bonds is 4. The Balaban J connectivity index is 2.06. The molecule has 2 aromatic rings. The zero-order valence-corrected chi connectivity index (χ0v) is 13.7. The van der Waals surface area contributed by atoms with Crippen molar-refractivity contribution in [2.45, 2.75) is 12.9 Å². The van der Waals surface area contributed by atoms with Gasteiger partial charge in [0.2, 0.25) is 0 Å². The van der Waals surface area contributed by atoms with Gasteiger partial charge in [-0.05, 0) is 51.8 Å². The Morgan fingerprint density at radius 3 is 2.52 bits per heavy atom. The minimum Gasteiger partial charge on any atom is -0.406 e. The summed E-state index contributed by atoms with van der Waals surface area (Å²) < 4.78 is 42.2. The van der Waals surface area contributed by atoms with Crippen molar-refractivity contribution in [3.63, 3.8) is 0 Å². The normalized spacial score (nSPS) is 11.3. The molecule has 7 heteroatoms. The molecule has 0 bridgehead atoms. The molecule has 0 aliphatic rings. The molecule has 0 fully saturated rings. The molecule has 0 aliphatic carbocycles. The molecule has 0 aliphatic heterocycles. The molecule has 0 amide bonds. The first-order valence-corrected chi connectivity index (χ1v) is 7.46. The highest BCUT2D eigenvalue weighted by Gasteiger charge is 2.31. The van der Waals surface area contributed by atoms with E-state index in [1.165, 1.54) is 18.2 Å². The highest BCUT2D eigenvalue weighted by atomic mass is 79.9. The van der Waals surface area contributed by atoms with Crippen molar-refractivity contribution < 1.29 is 17.9 Å². The number of alkyl halides is 3. The predicted octanol–water partition coefficient (Wildman–Crippen LogP) is 5.72. The lowest BCUT2D eigenvalue weighted by molar-refractivity contribution is -0.274. The topological polar surface area (TPSA) is 21.3 Å². The summed E-state index contributed by atoms with van der Waals surface area (Å²) in [6.07, 6.45) is -4.68. The van der Waals surface area contributed by atoms with Gasteiger partial charge in [0.15, 0.2) is 0 Å². The van der Waals surface area contributed by atoms with E-state index in [4.69, 9.17) is 0 Å². The lowest BCUT2D eigenvalue weighted by Crippen LogP contribution is -2.17. The van der Waals surface area contributed by atoms with Crippen LogP contribution >= 0.6 is 31.9 Å². The molecule has 0 saturated heterocycles. The maximum Gasteiger partial charge on any atom is 0.573 e. The second-order valence-electron chi connectivity index (χ2n) is 4.17. The lowest BCUT2D eigenvalue weighted by atomic mass is 10.2. The third kappa shape index (κ3) is 5.24. The van der Waals surface area contributed by atoms with Crippen LogP contribution in [0.25, 0.3) is 0 Å². The second kappa shape index (κ2) is 6.70. The van der Waals surface area contributed by atoms with Crippen LogP contribution in [0.4, 0.5) is 18.9 Å². The van der Waals surface area contributed by atoms with Crippen molar-refractivity contribution >= 4 is 37.5 Å². The largest absolute Gasteiger partial charge is 0.573 e. The third-order valence-corrected chi connectivity index (χ3v) is 3.73. The van der Waals surface area contributed by atoms with Crippen molar-refractivity contribution in [2.24, 2.45) is 0 Å². The van der Waals surface area contributed by atoms with Gasteiger partial charge in [-0.1, -0.05) is 28.1 Å². The van der Waals surface area contributed by atoms with Gasteiger partial charge < -0.3 is 10.1 Å². The molecule has 0 aromatic heterocycles. The fourth-order valence-electron chi connectivity index (χ4n) is 1.68. The van der Waals surface area contributed by atoms with Gasteiger partial charge in [0.1, 0.15) is 5.75 Å².